The second-order valence-electron chi connectivity index (χ2n) is 7.46. The normalized spacial score (nSPS) is 13.4. The lowest BCUT2D eigenvalue weighted by Gasteiger charge is -2.09. The van der Waals surface area contributed by atoms with Gasteiger partial charge < -0.3 is 9.47 Å². The van der Waals surface area contributed by atoms with Gasteiger partial charge in [0.25, 0.3) is 5.69 Å². The van der Waals surface area contributed by atoms with Crippen LogP contribution in [0.4, 0.5) is 5.69 Å². The Morgan fingerprint density at radius 3 is 1.94 bits per heavy atom. The number of nitrogens with zero attached hydrogens (tertiary/aromatic N) is 1. The lowest BCUT2D eigenvalue weighted by molar-refractivity contribution is -0.384. The van der Waals surface area contributed by atoms with Crippen LogP contribution in [0, 0.1) is 16.0 Å². The van der Waals surface area contributed by atoms with E-state index in [0.29, 0.717) is 11.5 Å². The molecule has 1 aliphatic rings. The SMILES string of the molecule is O=C(Oc1ccc(Oc2ccc(S(=O)(=O)CC3CC3)cc2)cc1)c1ccc([N+](=O)[O-])cc1. The molecule has 0 aromatic heterocycles. The number of rotatable bonds is 8. The molecule has 32 heavy (non-hydrogen) atoms. The van der Waals surface area contributed by atoms with E-state index in [2.05, 4.69) is 0 Å². The Balaban J connectivity index is 1.36. The summed E-state index contributed by atoms with van der Waals surface area (Å²) >= 11 is 0. The molecule has 9 heteroatoms. The van der Waals surface area contributed by atoms with Gasteiger partial charge in [0.15, 0.2) is 9.84 Å². The molecular weight excluding hydrogens is 434 g/mol. The predicted molar refractivity (Wildman–Crippen MR) is 116 cm³/mol. The van der Waals surface area contributed by atoms with Crippen LogP contribution in [0.2, 0.25) is 0 Å². The molecule has 0 unspecified atom stereocenters. The Bertz CT molecular complexity index is 1230. The summed E-state index contributed by atoms with van der Waals surface area (Å²) in [6.07, 6.45) is 1.94. The minimum Gasteiger partial charge on any atom is -0.457 e. The van der Waals surface area contributed by atoms with Crippen LogP contribution in [-0.4, -0.2) is 25.1 Å². The number of esters is 1. The zero-order valence-corrected chi connectivity index (χ0v) is 17.7. The van der Waals surface area contributed by atoms with E-state index in [0.717, 1.165) is 12.8 Å². The van der Waals surface area contributed by atoms with Crippen molar-refractivity contribution >= 4 is 21.5 Å². The molecule has 1 saturated carbocycles. The summed E-state index contributed by atoms with van der Waals surface area (Å²) in [7, 11) is -3.27. The molecule has 3 aromatic carbocycles. The van der Waals surface area contributed by atoms with Crippen LogP contribution in [0.3, 0.4) is 0 Å². The predicted octanol–water partition coefficient (Wildman–Crippen LogP) is 4.79. The van der Waals surface area contributed by atoms with E-state index < -0.39 is 20.7 Å². The summed E-state index contributed by atoms with van der Waals surface area (Å²) in [6, 6.07) is 17.7. The van der Waals surface area contributed by atoms with Crippen LogP contribution in [0.1, 0.15) is 23.2 Å². The van der Waals surface area contributed by atoms with Crippen molar-refractivity contribution < 1.29 is 27.6 Å². The van der Waals surface area contributed by atoms with Crippen molar-refractivity contribution in [2.24, 2.45) is 5.92 Å². The maximum Gasteiger partial charge on any atom is 0.343 e. The molecule has 164 valence electrons. The summed E-state index contributed by atoms with van der Waals surface area (Å²) in [5, 5.41) is 10.7. The molecule has 8 nitrogen and oxygen atoms in total. The van der Waals surface area contributed by atoms with Crippen molar-refractivity contribution in [3.63, 3.8) is 0 Å². The van der Waals surface area contributed by atoms with Crippen molar-refractivity contribution in [3.8, 4) is 17.2 Å². The largest absolute Gasteiger partial charge is 0.457 e. The lowest BCUT2D eigenvalue weighted by Crippen LogP contribution is -2.08. The molecule has 3 aromatic rings. The molecule has 1 fully saturated rings. The molecule has 0 heterocycles. The molecule has 0 N–H and O–H groups in total. The monoisotopic (exact) mass is 453 g/mol. The fraction of sp³-hybridized carbons (Fsp3) is 0.174. The number of hydrogen-bond donors (Lipinski definition) is 0. The first-order valence-corrected chi connectivity index (χ1v) is 11.5. The van der Waals surface area contributed by atoms with E-state index in [-0.39, 0.29) is 33.6 Å². The van der Waals surface area contributed by atoms with E-state index in [9.17, 15) is 23.3 Å². The second kappa shape index (κ2) is 8.80. The summed E-state index contributed by atoms with van der Waals surface area (Å²) in [6.45, 7) is 0. The molecule has 0 bridgehead atoms. The van der Waals surface area contributed by atoms with Crippen molar-refractivity contribution in [3.05, 3.63) is 88.5 Å². The number of hydrogen-bond acceptors (Lipinski definition) is 7. The first kappa shape index (κ1) is 21.5. The summed E-state index contributed by atoms with van der Waals surface area (Å²) in [5.41, 5.74) is 0.0734. The zero-order chi connectivity index (χ0) is 22.7. The minimum atomic E-state index is -3.27. The number of non-ortho nitro benzene ring substituents is 1. The number of carbonyl (C=O) groups is 1. The first-order valence-electron chi connectivity index (χ1n) is 9.87. The average molecular weight is 453 g/mol. The first-order chi connectivity index (χ1) is 15.3. The van der Waals surface area contributed by atoms with E-state index in [4.69, 9.17) is 9.47 Å². The highest BCUT2D eigenvalue weighted by Crippen LogP contribution is 2.33. The van der Waals surface area contributed by atoms with Gasteiger partial charge in [-0.3, -0.25) is 10.1 Å². The van der Waals surface area contributed by atoms with Crippen LogP contribution in [-0.2, 0) is 9.84 Å². The van der Waals surface area contributed by atoms with Crippen molar-refractivity contribution in [1.82, 2.24) is 0 Å². The van der Waals surface area contributed by atoms with Crippen LogP contribution in [0.5, 0.6) is 17.2 Å². The van der Waals surface area contributed by atoms with Crippen LogP contribution in [0.25, 0.3) is 0 Å². The zero-order valence-electron chi connectivity index (χ0n) is 16.8. The Kier molecular flexibility index (Phi) is 5.91. The van der Waals surface area contributed by atoms with Gasteiger partial charge >= 0.3 is 5.97 Å². The third kappa shape index (κ3) is 5.30. The van der Waals surface area contributed by atoms with Gasteiger partial charge in [0.1, 0.15) is 17.2 Å². The van der Waals surface area contributed by atoms with Crippen molar-refractivity contribution in [2.45, 2.75) is 17.7 Å². The molecular formula is C23H19NO7S. The Morgan fingerprint density at radius 1 is 0.875 bits per heavy atom. The van der Waals surface area contributed by atoms with E-state index in [1.165, 1.54) is 36.4 Å². The highest BCUT2D eigenvalue weighted by molar-refractivity contribution is 7.91. The summed E-state index contributed by atoms with van der Waals surface area (Å²) < 4.78 is 35.6. The van der Waals surface area contributed by atoms with Crippen LogP contribution in [0.15, 0.2) is 77.7 Å². The fourth-order valence-electron chi connectivity index (χ4n) is 3.00. The smallest absolute Gasteiger partial charge is 0.343 e. The lowest BCUT2D eigenvalue weighted by atomic mass is 10.2. The fourth-order valence-corrected chi connectivity index (χ4v) is 4.70. The van der Waals surface area contributed by atoms with Crippen molar-refractivity contribution in [1.29, 1.82) is 0 Å². The molecule has 0 radical (unpaired) electrons. The Hall–Kier alpha value is -3.72. The van der Waals surface area contributed by atoms with E-state index in [1.54, 1.807) is 36.4 Å². The third-order valence-corrected chi connectivity index (χ3v) is 6.82. The van der Waals surface area contributed by atoms with Gasteiger partial charge in [0.2, 0.25) is 0 Å². The van der Waals surface area contributed by atoms with E-state index in [1.807, 2.05) is 0 Å². The van der Waals surface area contributed by atoms with Gasteiger partial charge in [0, 0.05) is 12.1 Å². The third-order valence-electron chi connectivity index (χ3n) is 4.92. The number of nitro benzene ring substituents is 1. The van der Waals surface area contributed by atoms with Gasteiger partial charge in [-0.2, -0.15) is 0 Å². The highest BCUT2D eigenvalue weighted by atomic mass is 32.2. The molecule has 0 aliphatic heterocycles. The maximum absolute atomic E-state index is 12.3. The highest BCUT2D eigenvalue weighted by Gasteiger charge is 2.29. The van der Waals surface area contributed by atoms with Gasteiger partial charge in [-0.05, 0) is 79.4 Å². The van der Waals surface area contributed by atoms with Gasteiger partial charge in [-0.15, -0.1) is 0 Å². The number of sulfone groups is 1. The molecule has 0 atom stereocenters. The second-order valence-corrected chi connectivity index (χ2v) is 9.50. The Morgan fingerprint density at radius 2 is 1.41 bits per heavy atom. The van der Waals surface area contributed by atoms with Gasteiger partial charge in [-0.25, -0.2) is 13.2 Å². The summed E-state index contributed by atoms with van der Waals surface area (Å²) in [5.74, 6) is 1.07. The molecule has 0 spiro atoms. The van der Waals surface area contributed by atoms with Gasteiger partial charge in [-0.1, -0.05) is 0 Å². The van der Waals surface area contributed by atoms with Crippen LogP contribution < -0.4 is 9.47 Å². The minimum absolute atomic E-state index is 0.114. The molecule has 0 saturated heterocycles. The summed E-state index contributed by atoms with van der Waals surface area (Å²) in [4.78, 5) is 22.6. The molecule has 0 amide bonds. The number of benzene rings is 3. The Labute approximate surface area is 184 Å². The quantitative estimate of drug-likeness (QED) is 0.208. The average Bonchev–Trinajstić information content (AvgIpc) is 3.59. The molecule has 4 rings (SSSR count). The van der Waals surface area contributed by atoms with Crippen molar-refractivity contribution in [2.75, 3.05) is 5.75 Å². The van der Waals surface area contributed by atoms with E-state index >= 15 is 0 Å². The number of carbonyl (C=O) groups excluding carboxylic acids is 1. The standard InChI is InChI=1S/C23H19NO7S/c25-23(17-3-5-18(6-4-17)24(26)27)31-21-9-7-19(8-10-21)30-20-11-13-22(14-12-20)32(28,29)15-16-1-2-16/h3-14,16H,1-2,15H2. The topological polar surface area (TPSA) is 113 Å². The maximum atomic E-state index is 12.3. The van der Waals surface area contributed by atoms with Gasteiger partial charge in [0.05, 0.1) is 21.1 Å². The van der Waals surface area contributed by atoms with Crippen LogP contribution >= 0.6 is 0 Å². The number of ether oxygens (including phenoxy) is 2. The number of nitro groups is 1. The molecule has 1 aliphatic carbocycles.